The van der Waals surface area contributed by atoms with E-state index in [1.165, 1.54) is 11.2 Å². The number of piperidine rings is 1. The van der Waals surface area contributed by atoms with Crippen molar-refractivity contribution < 1.29 is 18.3 Å². The van der Waals surface area contributed by atoms with Gasteiger partial charge in [0.25, 0.3) is 0 Å². The Hall–Kier alpha value is -1.13. The molecule has 0 amide bonds. The fourth-order valence-electron chi connectivity index (χ4n) is 2.11. The summed E-state index contributed by atoms with van der Waals surface area (Å²) in [5.41, 5.74) is 0. The Morgan fingerprint density at radius 3 is 2.83 bits per heavy atom. The van der Waals surface area contributed by atoms with Crippen molar-refractivity contribution in [2.75, 3.05) is 13.1 Å². The van der Waals surface area contributed by atoms with Gasteiger partial charge in [0, 0.05) is 19.5 Å². The fourth-order valence-corrected chi connectivity index (χ4v) is 3.49. The molecule has 0 spiro atoms. The molecule has 1 fully saturated rings. The minimum absolute atomic E-state index is 0.0619. The molecule has 1 N–H and O–H groups in total. The van der Waals surface area contributed by atoms with Gasteiger partial charge in [-0.25, -0.2) is 12.7 Å². The maximum atomic E-state index is 12.0. The molecule has 0 bridgehead atoms. The average Bonchev–Trinajstić information content (AvgIpc) is 2.35. The first-order valence-corrected chi connectivity index (χ1v) is 7.48. The van der Waals surface area contributed by atoms with Gasteiger partial charge in [-0.15, -0.1) is 0 Å². The third-order valence-electron chi connectivity index (χ3n) is 3.24. The molecule has 0 aromatic carbocycles. The van der Waals surface area contributed by atoms with Crippen LogP contribution in [-0.2, 0) is 14.8 Å². The van der Waals surface area contributed by atoms with Crippen LogP contribution in [0.2, 0.25) is 0 Å². The normalized spacial score (nSPS) is 23.2. The highest BCUT2D eigenvalue weighted by atomic mass is 32.2. The standard InChI is InChI=1S/C11H18N2O4S/c1-9(7-12)18(16,17)13-6-2-3-10(8-13)4-5-11(14)15/h9-10H,2-6,8H2,1H3,(H,14,15). The van der Waals surface area contributed by atoms with E-state index in [4.69, 9.17) is 10.4 Å². The van der Waals surface area contributed by atoms with E-state index in [0.29, 0.717) is 19.5 Å². The third kappa shape index (κ3) is 3.68. The lowest BCUT2D eigenvalue weighted by Crippen LogP contribution is -2.43. The highest BCUT2D eigenvalue weighted by Crippen LogP contribution is 2.24. The largest absolute Gasteiger partial charge is 0.481 e. The van der Waals surface area contributed by atoms with Crippen molar-refractivity contribution >= 4 is 16.0 Å². The van der Waals surface area contributed by atoms with Gasteiger partial charge in [-0.3, -0.25) is 4.79 Å². The molecule has 2 atom stereocenters. The van der Waals surface area contributed by atoms with Crippen molar-refractivity contribution in [1.29, 1.82) is 5.26 Å². The van der Waals surface area contributed by atoms with E-state index in [1.54, 1.807) is 6.07 Å². The highest BCUT2D eigenvalue weighted by Gasteiger charge is 2.32. The van der Waals surface area contributed by atoms with E-state index in [2.05, 4.69) is 0 Å². The lowest BCUT2D eigenvalue weighted by atomic mass is 9.95. The van der Waals surface area contributed by atoms with E-state index in [1.807, 2.05) is 0 Å². The van der Waals surface area contributed by atoms with Gasteiger partial charge in [-0.2, -0.15) is 5.26 Å². The van der Waals surface area contributed by atoms with E-state index in [0.717, 1.165) is 12.8 Å². The number of rotatable bonds is 5. The van der Waals surface area contributed by atoms with E-state index >= 15 is 0 Å². The number of aliphatic carboxylic acids is 1. The van der Waals surface area contributed by atoms with Crippen LogP contribution in [0.4, 0.5) is 0 Å². The lowest BCUT2D eigenvalue weighted by molar-refractivity contribution is -0.137. The van der Waals surface area contributed by atoms with Gasteiger partial charge in [0.15, 0.2) is 5.25 Å². The number of carboxylic acid groups (broad SMARTS) is 1. The third-order valence-corrected chi connectivity index (χ3v) is 5.29. The highest BCUT2D eigenvalue weighted by molar-refractivity contribution is 7.89. The molecule has 2 unspecified atom stereocenters. The zero-order valence-corrected chi connectivity index (χ0v) is 11.2. The zero-order chi connectivity index (χ0) is 13.8. The van der Waals surface area contributed by atoms with Crippen LogP contribution in [0.25, 0.3) is 0 Å². The molecule has 0 saturated carbocycles. The van der Waals surface area contributed by atoms with Gasteiger partial charge in [0.2, 0.25) is 10.0 Å². The molecule has 6 nitrogen and oxygen atoms in total. The molecule has 1 saturated heterocycles. The van der Waals surface area contributed by atoms with Crippen molar-refractivity contribution in [3.63, 3.8) is 0 Å². The Morgan fingerprint density at radius 2 is 2.28 bits per heavy atom. The summed E-state index contributed by atoms with van der Waals surface area (Å²) >= 11 is 0. The summed E-state index contributed by atoms with van der Waals surface area (Å²) in [4.78, 5) is 10.5. The van der Waals surface area contributed by atoms with Crippen LogP contribution in [-0.4, -0.2) is 42.1 Å². The van der Waals surface area contributed by atoms with Gasteiger partial charge in [-0.05, 0) is 32.1 Å². The number of carbonyl (C=O) groups is 1. The number of carboxylic acids is 1. The number of nitrogens with zero attached hydrogens (tertiary/aromatic N) is 2. The summed E-state index contributed by atoms with van der Waals surface area (Å²) in [7, 11) is -3.56. The van der Waals surface area contributed by atoms with Crippen molar-refractivity contribution in [3.8, 4) is 6.07 Å². The molecular weight excluding hydrogens is 256 g/mol. The van der Waals surface area contributed by atoms with Crippen LogP contribution >= 0.6 is 0 Å². The van der Waals surface area contributed by atoms with Crippen LogP contribution in [0.3, 0.4) is 0 Å². The summed E-state index contributed by atoms with van der Waals surface area (Å²) in [6.07, 6.45) is 2.12. The molecule has 102 valence electrons. The van der Waals surface area contributed by atoms with Gasteiger partial charge < -0.3 is 5.11 Å². The maximum absolute atomic E-state index is 12.0. The van der Waals surface area contributed by atoms with Gasteiger partial charge in [0.1, 0.15) is 0 Å². The number of sulfonamides is 1. The summed E-state index contributed by atoms with van der Waals surface area (Å²) in [6.45, 7) is 2.13. The Bertz CT molecular complexity index is 440. The van der Waals surface area contributed by atoms with Crippen molar-refractivity contribution in [1.82, 2.24) is 4.31 Å². The molecule has 7 heteroatoms. The van der Waals surface area contributed by atoms with Crippen LogP contribution in [0.1, 0.15) is 32.6 Å². The molecule has 1 aliphatic rings. The molecule has 0 aromatic heterocycles. The predicted molar refractivity (Wildman–Crippen MR) is 65.2 cm³/mol. The SMILES string of the molecule is CC(C#N)S(=O)(=O)N1CCCC(CCC(=O)O)C1. The fraction of sp³-hybridized carbons (Fsp3) is 0.818. The van der Waals surface area contributed by atoms with E-state index in [9.17, 15) is 13.2 Å². The van der Waals surface area contributed by atoms with Crippen LogP contribution in [0, 0.1) is 17.2 Å². The molecule has 1 rings (SSSR count). The minimum Gasteiger partial charge on any atom is -0.481 e. The van der Waals surface area contributed by atoms with Crippen molar-refractivity contribution in [2.24, 2.45) is 5.92 Å². The summed E-state index contributed by atoms with van der Waals surface area (Å²) in [6, 6.07) is 1.74. The molecular formula is C11H18N2O4S. The first kappa shape index (κ1) is 14.9. The van der Waals surface area contributed by atoms with Crippen molar-refractivity contribution in [2.45, 2.75) is 37.9 Å². The first-order chi connectivity index (χ1) is 8.37. The molecule has 1 heterocycles. The summed E-state index contributed by atoms with van der Waals surface area (Å²) < 4.78 is 25.3. The Kier molecular flexibility index (Phi) is 5.11. The monoisotopic (exact) mass is 274 g/mol. The van der Waals surface area contributed by atoms with Crippen LogP contribution in [0.15, 0.2) is 0 Å². The topological polar surface area (TPSA) is 98.5 Å². The van der Waals surface area contributed by atoms with Gasteiger partial charge >= 0.3 is 5.97 Å². The van der Waals surface area contributed by atoms with Crippen molar-refractivity contribution in [3.05, 3.63) is 0 Å². The van der Waals surface area contributed by atoms with E-state index < -0.39 is 21.2 Å². The maximum Gasteiger partial charge on any atom is 0.303 e. The Balaban J connectivity index is 2.64. The van der Waals surface area contributed by atoms with Crippen LogP contribution in [0.5, 0.6) is 0 Å². The lowest BCUT2D eigenvalue weighted by Gasteiger charge is -2.32. The summed E-state index contributed by atoms with van der Waals surface area (Å²) in [5.74, 6) is -0.782. The predicted octanol–water partition coefficient (Wildman–Crippen LogP) is 0.805. The molecule has 0 radical (unpaired) electrons. The molecule has 0 aromatic rings. The van der Waals surface area contributed by atoms with Crippen LogP contribution < -0.4 is 0 Å². The number of hydrogen-bond donors (Lipinski definition) is 1. The second kappa shape index (κ2) is 6.16. The molecule has 1 aliphatic heterocycles. The first-order valence-electron chi connectivity index (χ1n) is 5.98. The smallest absolute Gasteiger partial charge is 0.303 e. The van der Waals surface area contributed by atoms with Gasteiger partial charge in [0.05, 0.1) is 6.07 Å². The zero-order valence-electron chi connectivity index (χ0n) is 10.4. The Labute approximate surface area is 107 Å². The van der Waals surface area contributed by atoms with Gasteiger partial charge in [-0.1, -0.05) is 0 Å². The molecule has 18 heavy (non-hydrogen) atoms. The second-order valence-corrected chi connectivity index (χ2v) is 6.87. The average molecular weight is 274 g/mol. The number of hydrogen-bond acceptors (Lipinski definition) is 4. The van der Waals surface area contributed by atoms with E-state index in [-0.39, 0.29) is 12.3 Å². The molecule has 0 aliphatic carbocycles. The minimum atomic E-state index is -3.56. The summed E-state index contributed by atoms with van der Waals surface area (Å²) in [5, 5.41) is 16.3. The number of nitriles is 1. The quantitative estimate of drug-likeness (QED) is 0.799. The Morgan fingerprint density at radius 1 is 1.61 bits per heavy atom. The second-order valence-electron chi connectivity index (χ2n) is 4.61.